The van der Waals surface area contributed by atoms with Crippen LogP contribution in [-0.2, 0) is 0 Å². The smallest absolute Gasteiger partial charge is 0.137 e. The van der Waals surface area contributed by atoms with Crippen LogP contribution >= 0.6 is 15.9 Å². The molecule has 0 amide bonds. The molecule has 0 radical (unpaired) electrons. The zero-order valence-corrected chi connectivity index (χ0v) is 13.7. The van der Waals surface area contributed by atoms with Crippen LogP contribution in [0.25, 0.3) is 16.9 Å². The number of aryl methyl sites for hydroxylation is 4. The molecule has 20 heavy (non-hydrogen) atoms. The van der Waals surface area contributed by atoms with E-state index in [0.29, 0.717) is 0 Å². The maximum absolute atomic E-state index is 4.76. The molecule has 2 nitrogen and oxygen atoms in total. The number of hydrogen-bond acceptors (Lipinski definition) is 1. The van der Waals surface area contributed by atoms with E-state index in [2.05, 4.69) is 78.6 Å². The van der Waals surface area contributed by atoms with Crippen LogP contribution in [0.3, 0.4) is 0 Å². The van der Waals surface area contributed by atoms with Gasteiger partial charge in [-0.05, 0) is 78.0 Å². The van der Waals surface area contributed by atoms with Crippen LogP contribution in [0.15, 0.2) is 35.1 Å². The molecule has 0 aliphatic rings. The first-order valence-corrected chi connectivity index (χ1v) is 7.48. The second kappa shape index (κ2) is 4.74. The lowest BCUT2D eigenvalue weighted by Gasteiger charge is -2.07. The van der Waals surface area contributed by atoms with E-state index in [4.69, 9.17) is 4.98 Å². The monoisotopic (exact) mass is 328 g/mol. The molecule has 3 heteroatoms. The minimum absolute atomic E-state index is 0.985. The highest BCUT2D eigenvalue weighted by atomic mass is 79.9. The highest BCUT2D eigenvalue weighted by molar-refractivity contribution is 9.10. The second-order valence-electron chi connectivity index (χ2n) is 5.45. The van der Waals surface area contributed by atoms with Crippen LogP contribution < -0.4 is 0 Å². The molecule has 0 bridgehead atoms. The summed E-state index contributed by atoms with van der Waals surface area (Å²) in [6, 6.07) is 6.56. The lowest BCUT2D eigenvalue weighted by atomic mass is 9.99. The largest absolute Gasteiger partial charge is 0.305 e. The Hall–Kier alpha value is -1.61. The highest BCUT2D eigenvalue weighted by Gasteiger charge is 2.10. The third kappa shape index (κ3) is 2.16. The fourth-order valence-corrected chi connectivity index (χ4v) is 2.81. The average Bonchev–Trinajstić information content (AvgIpc) is 2.77. The number of nitrogens with zero attached hydrogens (tertiary/aromatic N) is 2. The Morgan fingerprint density at radius 1 is 0.850 bits per heavy atom. The van der Waals surface area contributed by atoms with Crippen molar-refractivity contribution in [2.75, 3.05) is 0 Å². The molecule has 2 aromatic heterocycles. The predicted molar refractivity (Wildman–Crippen MR) is 87.3 cm³/mol. The number of aromatic nitrogens is 2. The van der Waals surface area contributed by atoms with Crippen molar-refractivity contribution in [3.05, 3.63) is 57.3 Å². The van der Waals surface area contributed by atoms with Crippen molar-refractivity contribution < 1.29 is 0 Å². The molecule has 0 unspecified atom stereocenters. The Morgan fingerprint density at radius 3 is 2.30 bits per heavy atom. The summed E-state index contributed by atoms with van der Waals surface area (Å²) in [6.07, 6.45) is 4.16. The summed E-state index contributed by atoms with van der Waals surface area (Å²) in [4.78, 5) is 4.76. The number of imidazole rings is 1. The summed E-state index contributed by atoms with van der Waals surface area (Å²) in [5.41, 5.74) is 8.33. The molecule has 0 saturated heterocycles. The minimum atomic E-state index is 0.985. The van der Waals surface area contributed by atoms with Crippen molar-refractivity contribution in [3.8, 4) is 11.3 Å². The lowest BCUT2D eigenvalue weighted by molar-refractivity contribution is 1.16. The average molecular weight is 329 g/mol. The summed E-state index contributed by atoms with van der Waals surface area (Å²) < 4.78 is 3.17. The molecule has 0 saturated carbocycles. The molecular weight excluding hydrogens is 312 g/mol. The van der Waals surface area contributed by atoms with Gasteiger partial charge in [0.25, 0.3) is 0 Å². The van der Waals surface area contributed by atoms with Gasteiger partial charge in [0.15, 0.2) is 0 Å². The van der Waals surface area contributed by atoms with E-state index in [0.717, 1.165) is 15.8 Å². The third-order valence-corrected chi connectivity index (χ3v) is 4.68. The maximum Gasteiger partial charge on any atom is 0.137 e. The number of rotatable bonds is 1. The van der Waals surface area contributed by atoms with E-state index < -0.39 is 0 Å². The maximum atomic E-state index is 4.76. The Kier molecular flexibility index (Phi) is 3.17. The van der Waals surface area contributed by atoms with Gasteiger partial charge >= 0.3 is 0 Å². The van der Waals surface area contributed by atoms with Gasteiger partial charge in [-0.25, -0.2) is 4.98 Å². The molecule has 0 atom stereocenters. The topological polar surface area (TPSA) is 17.3 Å². The first-order valence-electron chi connectivity index (χ1n) is 6.69. The first-order chi connectivity index (χ1) is 9.45. The van der Waals surface area contributed by atoms with Crippen LogP contribution in [0.5, 0.6) is 0 Å². The van der Waals surface area contributed by atoms with Crippen LogP contribution in [0.2, 0.25) is 0 Å². The lowest BCUT2D eigenvalue weighted by Crippen LogP contribution is -1.88. The number of hydrogen-bond donors (Lipinski definition) is 0. The quantitative estimate of drug-likeness (QED) is 0.614. The highest BCUT2D eigenvalue weighted by Crippen LogP contribution is 2.27. The molecule has 1 aromatic carbocycles. The van der Waals surface area contributed by atoms with E-state index >= 15 is 0 Å². The zero-order valence-electron chi connectivity index (χ0n) is 12.2. The molecule has 0 fully saturated rings. The Morgan fingerprint density at radius 2 is 1.55 bits per heavy atom. The van der Waals surface area contributed by atoms with Gasteiger partial charge in [0.05, 0.1) is 5.69 Å². The van der Waals surface area contributed by atoms with E-state index in [1.807, 2.05) is 0 Å². The van der Waals surface area contributed by atoms with Gasteiger partial charge in [-0.3, -0.25) is 0 Å². The Labute approximate surface area is 127 Å². The van der Waals surface area contributed by atoms with Crippen LogP contribution in [0.1, 0.15) is 22.3 Å². The summed E-state index contributed by atoms with van der Waals surface area (Å²) in [5.74, 6) is 0. The Balaban J connectivity index is 2.22. The summed E-state index contributed by atoms with van der Waals surface area (Å²) in [5, 5.41) is 0. The SMILES string of the molecule is Cc1cc(C)c(-c2cn3cc(Br)c(C)cc3n2)cc1C. The normalized spacial score (nSPS) is 11.2. The minimum Gasteiger partial charge on any atom is -0.305 e. The second-order valence-corrected chi connectivity index (χ2v) is 6.30. The summed E-state index contributed by atoms with van der Waals surface area (Å²) in [6.45, 7) is 8.53. The molecule has 2 heterocycles. The molecule has 0 aliphatic heterocycles. The summed E-state index contributed by atoms with van der Waals surface area (Å²) >= 11 is 3.57. The fraction of sp³-hybridized carbons (Fsp3) is 0.235. The predicted octanol–water partition coefficient (Wildman–Crippen LogP) is 5.00. The Bertz CT molecular complexity index is 776. The summed E-state index contributed by atoms with van der Waals surface area (Å²) in [7, 11) is 0. The van der Waals surface area contributed by atoms with Gasteiger partial charge in [0.1, 0.15) is 5.65 Å². The van der Waals surface area contributed by atoms with Gasteiger partial charge in [0, 0.05) is 22.4 Å². The van der Waals surface area contributed by atoms with Crippen LogP contribution in [0.4, 0.5) is 0 Å². The standard InChI is InChI=1S/C17H17BrN2/c1-10-5-12(3)14(6-11(10)2)16-9-20-8-15(18)13(4)7-17(20)19-16/h5-9H,1-4H3. The van der Waals surface area contributed by atoms with E-state index in [1.165, 1.54) is 27.8 Å². The van der Waals surface area contributed by atoms with Crippen molar-refractivity contribution in [3.63, 3.8) is 0 Å². The van der Waals surface area contributed by atoms with E-state index in [1.54, 1.807) is 0 Å². The van der Waals surface area contributed by atoms with Gasteiger partial charge in [0.2, 0.25) is 0 Å². The first kappa shape index (κ1) is 13.4. The zero-order chi connectivity index (χ0) is 14.4. The van der Waals surface area contributed by atoms with Crippen LogP contribution in [-0.4, -0.2) is 9.38 Å². The number of benzene rings is 1. The van der Waals surface area contributed by atoms with Crippen molar-refractivity contribution in [2.45, 2.75) is 27.7 Å². The molecule has 0 aliphatic carbocycles. The molecule has 3 aromatic rings. The van der Waals surface area contributed by atoms with Crippen LogP contribution in [0, 0.1) is 27.7 Å². The van der Waals surface area contributed by atoms with Crippen molar-refractivity contribution in [2.24, 2.45) is 0 Å². The van der Waals surface area contributed by atoms with E-state index in [-0.39, 0.29) is 0 Å². The molecule has 0 spiro atoms. The molecule has 0 N–H and O–H groups in total. The van der Waals surface area contributed by atoms with Gasteiger partial charge in [-0.15, -0.1) is 0 Å². The number of fused-ring (bicyclic) bond motifs is 1. The van der Waals surface area contributed by atoms with E-state index in [9.17, 15) is 0 Å². The van der Waals surface area contributed by atoms with Crippen molar-refractivity contribution in [1.82, 2.24) is 9.38 Å². The number of pyridine rings is 1. The fourth-order valence-electron chi connectivity index (χ4n) is 2.47. The number of halogens is 1. The van der Waals surface area contributed by atoms with Crippen molar-refractivity contribution in [1.29, 1.82) is 0 Å². The molecule has 102 valence electrons. The van der Waals surface area contributed by atoms with Crippen molar-refractivity contribution >= 4 is 21.6 Å². The third-order valence-electron chi connectivity index (χ3n) is 3.85. The molecule has 3 rings (SSSR count). The van der Waals surface area contributed by atoms with Gasteiger partial charge in [-0.1, -0.05) is 6.07 Å². The molecular formula is C17H17BrN2. The van der Waals surface area contributed by atoms with Gasteiger partial charge in [-0.2, -0.15) is 0 Å². The van der Waals surface area contributed by atoms with Gasteiger partial charge < -0.3 is 4.40 Å².